The second-order valence-corrected chi connectivity index (χ2v) is 2.80. The number of nitrogen functional groups attached to an aromatic ring is 1. The zero-order valence-corrected chi connectivity index (χ0v) is 7.19. The van der Waals surface area contributed by atoms with Crippen molar-refractivity contribution in [1.29, 1.82) is 0 Å². The van der Waals surface area contributed by atoms with Crippen LogP contribution < -0.4 is 5.73 Å². The van der Waals surface area contributed by atoms with E-state index in [4.69, 9.17) is 5.73 Å². The molecule has 0 bridgehead atoms. The number of benzene rings is 1. The van der Waals surface area contributed by atoms with Crippen LogP contribution in [0.3, 0.4) is 0 Å². The lowest BCUT2D eigenvalue weighted by Crippen LogP contribution is -2.00. The van der Waals surface area contributed by atoms with Gasteiger partial charge in [0.1, 0.15) is 5.75 Å². The molecule has 0 aliphatic rings. The molecule has 4 N–H and O–H groups in total. The maximum atomic E-state index is 10.4. The Morgan fingerprint density at radius 3 is 2.62 bits per heavy atom. The monoisotopic (exact) mass is 181 g/mol. The Labute approximate surface area is 75.6 Å². The van der Waals surface area contributed by atoms with Gasteiger partial charge in [-0.05, 0) is 19.1 Å². The number of hydrogen-bond acceptors (Lipinski definition) is 4. The zero-order chi connectivity index (χ0) is 10.0. The third-order valence-electron chi connectivity index (χ3n) is 1.83. The largest absolute Gasteiger partial charge is 0.507 e. The van der Waals surface area contributed by atoms with Gasteiger partial charge in [0, 0.05) is 11.3 Å². The van der Waals surface area contributed by atoms with Crippen LogP contribution in [0.1, 0.15) is 28.9 Å². The molecule has 0 aliphatic heterocycles. The van der Waals surface area contributed by atoms with Gasteiger partial charge in [-0.25, -0.2) is 0 Å². The SMILES string of the molecule is CC(O)c1c(N)ccc(C=O)c1O. The van der Waals surface area contributed by atoms with Crippen LogP contribution in [0.5, 0.6) is 5.75 Å². The standard InChI is InChI=1S/C9H11NO3/c1-5(12)8-7(10)3-2-6(4-11)9(8)13/h2-5,12-13H,10H2,1H3. The summed E-state index contributed by atoms with van der Waals surface area (Å²) in [6.07, 6.45) is -0.374. The number of carbonyl (C=O) groups is 1. The van der Waals surface area contributed by atoms with Gasteiger partial charge in [-0.3, -0.25) is 4.79 Å². The van der Waals surface area contributed by atoms with Gasteiger partial charge in [0.05, 0.1) is 11.7 Å². The summed E-state index contributed by atoms with van der Waals surface area (Å²) in [5, 5.41) is 18.7. The molecule has 0 amide bonds. The van der Waals surface area contributed by atoms with E-state index in [2.05, 4.69) is 0 Å². The van der Waals surface area contributed by atoms with Crippen LogP contribution in [0.25, 0.3) is 0 Å². The first kappa shape index (κ1) is 9.54. The van der Waals surface area contributed by atoms with Crippen LogP contribution in [0.2, 0.25) is 0 Å². The fraction of sp³-hybridized carbons (Fsp3) is 0.222. The quantitative estimate of drug-likeness (QED) is 0.466. The minimum atomic E-state index is -0.889. The van der Waals surface area contributed by atoms with Gasteiger partial charge < -0.3 is 15.9 Å². The van der Waals surface area contributed by atoms with E-state index >= 15 is 0 Å². The van der Waals surface area contributed by atoms with Crippen molar-refractivity contribution in [3.8, 4) is 5.75 Å². The first-order valence-corrected chi connectivity index (χ1v) is 3.82. The van der Waals surface area contributed by atoms with E-state index in [-0.39, 0.29) is 22.6 Å². The highest BCUT2D eigenvalue weighted by molar-refractivity contribution is 5.82. The number of carbonyl (C=O) groups excluding carboxylic acids is 1. The van der Waals surface area contributed by atoms with Gasteiger partial charge in [0.2, 0.25) is 0 Å². The molecule has 1 aromatic carbocycles. The molecule has 0 spiro atoms. The van der Waals surface area contributed by atoms with Crippen molar-refractivity contribution < 1.29 is 15.0 Å². The smallest absolute Gasteiger partial charge is 0.153 e. The number of aromatic hydroxyl groups is 1. The number of phenols is 1. The van der Waals surface area contributed by atoms with Crippen LogP contribution in [-0.4, -0.2) is 16.5 Å². The molecule has 1 aromatic rings. The Hall–Kier alpha value is -1.55. The molecule has 0 radical (unpaired) electrons. The summed E-state index contributed by atoms with van der Waals surface area (Å²) in [6.45, 7) is 1.47. The Balaban J connectivity index is 3.38. The van der Waals surface area contributed by atoms with Gasteiger partial charge in [0.15, 0.2) is 6.29 Å². The zero-order valence-electron chi connectivity index (χ0n) is 7.19. The van der Waals surface area contributed by atoms with Gasteiger partial charge in [-0.2, -0.15) is 0 Å². The number of aldehydes is 1. The second kappa shape index (κ2) is 3.45. The summed E-state index contributed by atoms with van der Waals surface area (Å²) < 4.78 is 0. The van der Waals surface area contributed by atoms with Gasteiger partial charge in [0.25, 0.3) is 0 Å². The second-order valence-electron chi connectivity index (χ2n) is 2.80. The first-order valence-electron chi connectivity index (χ1n) is 3.82. The average Bonchev–Trinajstić information content (AvgIpc) is 2.04. The van der Waals surface area contributed by atoms with Crippen molar-refractivity contribution >= 4 is 12.0 Å². The Morgan fingerprint density at radius 2 is 2.15 bits per heavy atom. The normalized spacial score (nSPS) is 12.5. The van der Waals surface area contributed by atoms with E-state index in [1.54, 1.807) is 0 Å². The highest BCUT2D eigenvalue weighted by Gasteiger charge is 2.14. The molecule has 0 aromatic heterocycles. The van der Waals surface area contributed by atoms with Crippen LogP contribution in [-0.2, 0) is 0 Å². The maximum Gasteiger partial charge on any atom is 0.153 e. The minimum absolute atomic E-state index is 0.130. The van der Waals surface area contributed by atoms with Crippen molar-refractivity contribution in [2.24, 2.45) is 0 Å². The summed E-state index contributed by atoms with van der Waals surface area (Å²) in [5.74, 6) is -0.245. The van der Waals surface area contributed by atoms with E-state index in [9.17, 15) is 15.0 Å². The molecule has 0 saturated heterocycles. The van der Waals surface area contributed by atoms with Crippen molar-refractivity contribution in [1.82, 2.24) is 0 Å². The molecule has 1 unspecified atom stereocenters. The average molecular weight is 181 g/mol. The van der Waals surface area contributed by atoms with Crippen molar-refractivity contribution in [2.75, 3.05) is 5.73 Å². The lowest BCUT2D eigenvalue weighted by Gasteiger charge is -2.11. The van der Waals surface area contributed by atoms with Crippen LogP contribution in [0.15, 0.2) is 12.1 Å². The third kappa shape index (κ3) is 1.62. The van der Waals surface area contributed by atoms with Gasteiger partial charge in [-0.1, -0.05) is 0 Å². The number of anilines is 1. The Bertz CT molecular complexity index is 334. The molecule has 0 fully saturated rings. The summed E-state index contributed by atoms with van der Waals surface area (Å²) in [5.41, 5.74) is 6.11. The molecule has 1 rings (SSSR count). The minimum Gasteiger partial charge on any atom is -0.507 e. The fourth-order valence-electron chi connectivity index (χ4n) is 1.17. The van der Waals surface area contributed by atoms with Crippen molar-refractivity contribution in [3.63, 3.8) is 0 Å². The summed E-state index contributed by atoms with van der Waals surface area (Å²) in [6, 6.07) is 2.88. The number of aliphatic hydroxyl groups excluding tert-OH is 1. The van der Waals surface area contributed by atoms with E-state index in [0.29, 0.717) is 6.29 Å². The lowest BCUT2D eigenvalue weighted by atomic mass is 10.0. The first-order chi connectivity index (χ1) is 6.07. The molecule has 0 saturated carbocycles. The van der Waals surface area contributed by atoms with Crippen LogP contribution >= 0.6 is 0 Å². The van der Waals surface area contributed by atoms with Gasteiger partial charge >= 0.3 is 0 Å². The predicted molar refractivity (Wildman–Crippen MR) is 48.5 cm³/mol. The topological polar surface area (TPSA) is 83.5 Å². The number of aliphatic hydroxyl groups is 1. The van der Waals surface area contributed by atoms with E-state index < -0.39 is 6.10 Å². The summed E-state index contributed by atoms with van der Waals surface area (Å²) >= 11 is 0. The van der Waals surface area contributed by atoms with E-state index in [1.165, 1.54) is 19.1 Å². The van der Waals surface area contributed by atoms with E-state index in [0.717, 1.165) is 0 Å². The molecule has 1 atom stereocenters. The van der Waals surface area contributed by atoms with Crippen molar-refractivity contribution in [3.05, 3.63) is 23.3 Å². The van der Waals surface area contributed by atoms with Crippen LogP contribution in [0, 0.1) is 0 Å². The lowest BCUT2D eigenvalue weighted by molar-refractivity contribution is 0.112. The molecule has 70 valence electrons. The molecule has 0 heterocycles. The highest BCUT2D eigenvalue weighted by Crippen LogP contribution is 2.31. The van der Waals surface area contributed by atoms with Crippen LogP contribution in [0.4, 0.5) is 5.69 Å². The highest BCUT2D eigenvalue weighted by atomic mass is 16.3. The predicted octanol–water partition coefficient (Wildman–Crippen LogP) is 0.840. The number of nitrogens with two attached hydrogens (primary N) is 1. The molecule has 4 heteroatoms. The molecule has 4 nitrogen and oxygen atoms in total. The Morgan fingerprint density at radius 1 is 1.54 bits per heavy atom. The van der Waals surface area contributed by atoms with E-state index in [1.807, 2.05) is 0 Å². The third-order valence-corrected chi connectivity index (χ3v) is 1.83. The fourth-order valence-corrected chi connectivity index (χ4v) is 1.17. The number of phenolic OH excluding ortho intramolecular Hbond substituents is 1. The van der Waals surface area contributed by atoms with Crippen molar-refractivity contribution in [2.45, 2.75) is 13.0 Å². The summed E-state index contributed by atoms with van der Waals surface area (Å²) in [7, 11) is 0. The molecular weight excluding hydrogens is 170 g/mol. The molecule has 0 aliphatic carbocycles. The maximum absolute atomic E-state index is 10.4. The molecule has 13 heavy (non-hydrogen) atoms. The molecular formula is C9H11NO3. The summed E-state index contributed by atoms with van der Waals surface area (Å²) in [4.78, 5) is 10.4. The number of rotatable bonds is 2. The Kier molecular flexibility index (Phi) is 2.53. The number of hydrogen-bond donors (Lipinski definition) is 3. The van der Waals surface area contributed by atoms with Gasteiger partial charge in [-0.15, -0.1) is 0 Å².